The van der Waals surface area contributed by atoms with Crippen LogP contribution in [0.2, 0.25) is 0 Å². The second-order valence-corrected chi connectivity index (χ2v) is 5.70. The summed E-state index contributed by atoms with van der Waals surface area (Å²) in [5, 5.41) is 3.30. The van der Waals surface area contributed by atoms with Crippen molar-refractivity contribution in [3.8, 4) is 0 Å². The van der Waals surface area contributed by atoms with E-state index in [1.807, 2.05) is 6.20 Å². The zero-order chi connectivity index (χ0) is 14.4. The van der Waals surface area contributed by atoms with E-state index in [2.05, 4.69) is 81.5 Å². The number of aromatic nitrogens is 1. The highest BCUT2D eigenvalue weighted by Crippen LogP contribution is 2.15. The molecule has 0 spiro atoms. The van der Waals surface area contributed by atoms with Crippen LogP contribution in [0.5, 0.6) is 0 Å². The normalized spacial score (nSPS) is 10.6. The van der Waals surface area contributed by atoms with Gasteiger partial charge in [-0.2, -0.15) is 0 Å². The predicted molar refractivity (Wildman–Crippen MR) is 87.9 cm³/mol. The van der Waals surface area contributed by atoms with Gasteiger partial charge in [0.05, 0.1) is 0 Å². The summed E-state index contributed by atoms with van der Waals surface area (Å²) in [5.41, 5.74) is 2.49. The van der Waals surface area contributed by atoms with E-state index in [0.717, 1.165) is 29.9 Å². The van der Waals surface area contributed by atoms with Crippen molar-refractivity contribution in [3.63, 3.8) is 0 Å². The fraction of sp³-hybridized carbons (Fsp3) is 0.312. The van der Waals surface area contributed by atoms with Crippen LogP contribution in [0, 0.1) is 0 Å². The molecule has 0 aliphatic heterocycles. The third-order valence-corrected chi connectivity index (χ3v) is 3.64. The molecule has 0 radical (unpaired) electrons. The smallest absolute Gasteiger partial charge is 0.128 e. The first-order chi connectivity index (χ1) is 9.69. The van der Waals surface area contributed by atoms with Crippen molar-refractivity contribution in [2.24, 2.45) is 0 Å². The average molecular weight is 334 g/mol. The first kappa shape index (κ1) is 15.0. The summed E-state index contributed by atoms with van der Waals surface area (Å²) in [6.07, 6.45) is 1.94. The van der Waals surface area contributed by atoms with Crippen LogP contribution in [0.3, 0.4) is 0 Å². The summed E-state index contributed by atoms with van der Waals surface area (Å²) in [5.74, 6) is 0.994. The Hall–Kier alpha value is -1.39. The monoisotopic (exact) mass is 333 g/mol. The van der Waals surface area contributed by atoms with E-state index in [0.29, 0.717) is 0 Å². The Morgan fingerprint density at radius 3 is 2.40 bits per heavy atom. The first-order valence-electron chi connectivity index (χ1n) is 6.80. The zero-order valence-corrected chi connectivity index (χ0v) is 13.5. The number of rotatable bonds is 6. The molecule has 2 aromatic rings. The fourth-order valence-electron chi connectivity index (χ4n) is 1.96. The summed E-state index contributed by atoms with van der Waals surface area (Å²) < 4.78 is 1.11. The minimum Gasteiger partial charge on any atom is -0.355 e. The van der Waals surface area contributed by atoms with E-state index >= 15 is 0 Å². The highest BCUT2D eigenvalue weighted by Gasteiger charge is 2.03. The van der Waals surface area contributed by atoms with Crippen molar-refractivity contribution >= 4 is 21.7 Å². The summed E-state index contributed by atoms with van der Waals surface area (Å²) in [4.78, 5) is 6.67. The molecule has 1 aromatic heterocycles. The molecule has 1 N–H and O–H groups in total. The zero-order valence-electron chi connectivity index (χ0n) is 11.9. The molecular weight excluding hydrogens is 314 g/mol. The van der Waals surface area contributed by atoms with E-state index in [9.17, 15) is 0 Å². The molecule has 0 amide bonds. The molecule has 20 heavy (non-hydrogen) atoms. The largest absolute Gasteiger partial charge is 0.355 e. The number of benzene rings is 1. The SMILES string of the molecule is CCNCc1ccc(N(C)Cc2ccc(Br)cc2)nc1. The summed E-state index contributed by atoms with van der Waals surface area (Å²) in [7, 11) is 2.06. The van der Waals surface area contributed by atoms with Crippen molar-refractivity contribution < 1.29 is 0 Å². The Labute approximate surface area is 129 Å². The van der Waals surface area contributed by atoms with E-state index in [1.165, 1.54) is 11.1 Å². The van der Waals surface area contributed by atoms with E-state index < -0.39 is 0 Å². The molecule has 2 rings (SSSR count). The minimum absolute atomic E-state index is 0.854. The summed E-state index contributed by atoms with van der Waals surface area (Å²) >= 11 is 3.45. The molecule has 1 aromatic carbocycles. The Kier molecular flexibility index (Phi) is 5.56. The van der Waals surface area contributed by atoms with Crippen molar-refractivity contribution in [1.82, 2.24) is 10.3 Å². The lowest BCUT2D eigenvalue weighted by Gasteiger charge is -2.18. The van der Waals surface area contributed by atoms with Crippen molar-refractivity contribution in [3.05, 3.63) is 58.2 Å². The van der Waals surface area contributed by atoms with Gasteiger partial charge in [-0.1, -0.05) is 41.1 Å². The van der Waals surface area contributed by atoms with Gasteiger partial charge in [-0.15, -0.1) is 0 Å². The molecule has 1 heterocycles. The van der Waals surface area contributed by atoms with E-state index in [1.54, 1.807) is 0 Å². The minimum atomic E-state index is 0.854. The van der Waals surface area contributed by atoms with Gasteiger partial charge in [-0.3, -0.25) is 0 Å². The molecule has 0 saturated heterocycles. The lowest BCUT2D eigenvalue weighted by atomic mass is 10.2. The van der Waals surface area contributed by atoms with Gasteiger partial charge in [-0.05, 0) is 35.9 Å². The molecule has 0 atom stereocenters. The fourth-order valence-corrected chi connectivity index (χ4v) is 2.23. The molecule has 3 nitrogen and oxygen atoms in total. The van der Waals surface area contributed by atoms with Gasteiger partial charge in [0, 0.05) is 30.8 Å². The van der Waals surface area contributed by atoms with Crippen LogP contribution in [0.15, 0.2) is 47.1 Å². The van der Waals surface area contributed by atoms with E-state index in [-0.39, 0.29) is 0 Å². The Bertz CT molecular complexity index is 522. The van der Waals surface area contributed by atoms with Gasteiger partial charge in [-0.25, -0.2) is 4.98 Å². The number of hydrogen-bond acceptors (Lipinski definition) is 3. The van der Waals surface area contributed by atoms with Crippen molar-refractivity contribution in [2.45, 2.75) is 20.0 Å². The number of anilines is 1. The highest BCUT2D eigenvalue weighted by atomic mass is 79.9. The van der Waals surface area contributed by atoms with Crippen molar-refractivity contribution in [1.29, 1.82) is 0 Å². The standard InChI is InChI=1S/C16H20BrN3/c1-3-18-10-14-6-9-16(19-11-14)20(2)12-13-4-7-15(17)8-5-13/h4-9,11,18H,3,10,12H2,1-2H3. The number of nitrogens with one attached hydrogen (secondary N) is 1. The molecule has 0 bridgehead atoms. The van der Waals surface area contributed by atoms with Gasteiger partial charge in [0.2, 0.25) is 0 Å². The second kappa shape index (κ2) is 7.41. The van der Waals surface area contributed by atoms with Crippen LogP contribution in [0.1, 0.15) is 18.1 Å². The molecule has 0 aliphatic rings. The first-order valence-corrected chi connectivity index (χ1v) is 7.59. The van der Waals surface area contributed by atoms with Gasteiger partial charge >= 0.3 is 0 Å². The Morgan fingerprint density at radius 2 is 1.80 bits per heavy atom. The van der Waals surface area contributed by atoms with Crippen molar-refractivity contribution in [2.75, 3.05) is 18.5 Å². The van der Waals surface area contributed by atoms with E-state index in [4.69, 9.17) is 0 Å². The van der Waals surface area contributed by atoms with Crippen LogP contribution in [0.4, 0.5) is 5.82 Å². The molecular formula is C16H20BrN3. The molecule has 0 fully saturated rings. The Morgan fingerprint density at radius 1 is 1.10 bits per heavy atom. The molecule has 4 heteroatoms. The topological polar surface area (TPSA) is 28.2 Å². The Balaban J connectivity index is 1.98. The predicted octanol–water partition coefficient (Wildman–Crippen LogP) is 3.59. The number of hydrogen-bond donors (Lipinski definition) is 1. The molecule has 0 unspecified atom stereocenters. The second-order valence-electron chi connectivity index (χ2n) is 4.79. The third-order valence-electron chi connectivity index (χ3n) is 3.11. The molecule has 106 valence electrons. The summed E-state index contributed by atoms with van der Waals surface area (Å²) in [6, 6.07) is 12.6. The van der Waals surface area contributed by atoms with Crippen LogP contribution >= 0.6 is 15.9 Å². The maximum Gasteiger partial charge on any atom is 0.128 e. The average Bonchev–Trinajstić information content (AvgIpc) is 2.48. The van der Waals surface area contributed by atoms with Crippen LogP contribution < -0.4 is 10.2 Å². The third kappa shape index (κ3) is 4.32. The van der Waals surface area contributed by atoms with Gasteiger partial charge in [0.25, 0.3) is 0 Å². The summed E-state index contributed by atoms with van der Waals surface area (Å²) in [6.45, 7) is 4.81. The van der Waals surface area contributed by atoms with Crippen LogP contribution in [-0.4, -0.2) is 18.6 Å². The van der Waals surface area contributed by atoms with Crippen LogP contribution in [0.25, 0.3) is 0 Å². The number of nitrogens with zero attached hydrogens (tertiary/aromatic N) is 2. The molecule has 0 aliphatic carbocycles. The maximum atomic E-state index is 4.52. The molecule has 0 saturated carbocycles. The number of pyridine rings is 1. The van der Waals surface area contributed by atoms with Crippen LogP contribution in [-0.2, 0) is 13.1 Å². The lowest BCUT2D eigenvalue weighted by Crippen LogP contribution is -2.18. The van der Waals surface area contributed by atoms with Gasteiger partial charge in [0.15, 0.2) is 0 Å². The maximum absolute atomic E-state index is 4.52. The highest BCUT2D eigenvalue weighted by molar-refractivity contribution is 9.10. The van der Waals surface area contributed by atoms with Gasteiger partial charge in [0.1, 0.15) is 5.82 Å². The lowest BCUT2D eigenvalue weighted by molar-refractivity contribution is 0.724. The van der Waals surface area contributed by atoms with Gasteiger partial charge < -0.3 is 10.2 Å². The quantitative estimate of drug-likeness (QED) is 0.875. The number of halogens is 1.